The zero-order valence-corrected chi connectivity index (χ0v) is 9.81. The van der Waals surface area contributed by atoms with Crippen LogP contribution in [0.3, 0.4) is 0 Å². The molecule has 1 heteroatoms. The summed E-state index contributed by atoms with van der Waals surface area (Å²) >= 11 is 0. The van der Waals surface area contributed by atoms with Crippen molar-refractivity contribution in [3.8, 4) is 17.6 Å². The van der Waals surface area contributed by atoms with Crippen LogP contribution in [0.1, 0.15) is 18.1 Å². The predicted octanol–water partition coefficient (Wildman–Crippen LogP) is 3.49. The maximum atomic E-state index is 5.52. The third-order valence-electron chi connectivity index (χ3n) is 2.30. The molecule has 2 aromatic carbocycles. The highest BCUT2D eigenvalue weighted by molar-refractivity contribution is 5.49. The Hall–Kier alpha value is -2.20. The molecule has 1 nitrogen and oxygen atoms in total. The number of para-hydroxylation sites is 1. The largest absolute Gasteiger partial charge is 0.493 e. The van der Waals surface area contributed by atoms with Crippen LogP contribution in [0.15, 0.2) is 54.6 Å². The Morgan fingerprint density at radius 3 is 2.35 bits per heavy atom. The van der Waals surface area contributed by atoms with Gasteiger partial charge in [-0.15, -0.1) is 0 Å². The molecule has 0 N–H and O–H groups in total. The van der Waals surface area contributed by atoms with Gasteiger partial charge in [0.2, 0.25) is 0 Å². The predicted molar refractivity (Wildman–Crippen MR) is 70.0 cm³/mol. The van der Waals surface area contributed by atoms with Gasteiger partial charge in [0.25, 0.3) is 0 Å². The molecule has 2 aromatic rings. The zero-order valence-electron chi connectivity index (χ0n) is 9.81. The lowest BCUT2D eigenvalue weighted by molar-refractivity contribution is 0.339. The van der Waals surface area contributed by atoms with Crippen molar-refractivity contribution in [1.29, 1.82) is 0 Å². The first-order valence-electron chi connectivity index (χ1n) is 5.69. The highest BCUT2D eigenvalue weighted by Crippen LogP contribution is 2.16. The minimum absolute atomic E-state index is 0.657. The Bertz CT molecular complexity index is 532. The molecule has 0 aliphatic rings. The quantitative estimate of drug-likeness (QED) is 0.707. The van der Waals surface area contributed by atoms with Crippen molar-refractivity contribution in [2.24, 2.45) is 0 Å². The maximum absolute atomic E-state index is 5.52. The monoisotopic (exact) mass is 222 g/mol. The molecule has 0 bridgehead atoms. The zero-order chi connectivity index (χ0) is 11.9. The van der Waals surface area contributed by atoms with Gasteiger partial charge in [-0.05, 0) is 31.2 Å². The van der Waals surface area contributed by atoms with Gasteiger partial charge in [0.1, 0.15) is 5.75 Å². The van der Waals surface area contributed by atoms with E-state index in [-0.39, 0.29) is 0 Å². The molecule has 2 rings (SSSR count). The van der Waals surface area contributed by atoms with Gasteiger partial charge in [0.05, 0.1) is 12.2 Å². The first kappa shape index (κ1) is 11.3. The van der Waals surface area contributed by atoms with Crippen LogP contribution in [-0.2, 0) is 0 Å². The summed E-state index contributed by atoms with van der Waals surface area (Å²) in [5.74, 6) is 7.11. The van der Waals surface area contributed by atoms with E-state index in [1.807, 2.05) is 61.5 Å². The van der Waals surface area contributed by atoms with Crippen LogP contribution in [0.25, 0.3) is 0 Å². The van der Waals surface area contributed by atoms with Gasteiger partial charge in [-0.3, -0.25) is 0 Å². The van der Waals surface area contributed by atoms with E-state index in [1.54, 1.807) is 0 Å². The number of benzene rings is 2. The molecule has 0 aromatic heterocycles. The van der Waals surface area contributed by atoms with Crippen molar-refractivity contribution in [2.45, 2.75) is 6.92 Å². The molecule has 0 aliphatic carbocycles. The Kier molecular flexibility index (Phi) is 3.83. The number of ether oxygens (including phenoxy) is 1. The molecule has 0 saturated carbocycles. The molecule has 84 valence electrons. The lowest BCUT2D eigenvalue weighted by Crippen LogP contribution is -1.93. The molecule has 0 saturated heterocycles. The molecule has 0 amide bonds. The first-order chi connectivity index (χ1) is 8.40. The SMILES string of the molecule is CCOc1ccccc1C#Cc1ccccc1. The van der Waals surface area contributed by atoms with E-state index in [2.05, 4.69) is 11.8 Å². The fraction of sp³-hybridized carbons (Fsp3) is 0.125. The van der Waals surface area contributed by atoms with Crippen LogP contribution >= 0.6 is 0 Å². The Morgan fingerprint density at radius 1 is 0.882 bits per heavy atom. The summed E-state index contributed by atoms with van der Waals surface area (Å²) in [5.41, 5.74) is 1.94. The van der Waals surface area contributed by atoms with Crippen molar-refractivity contribution in [3.05, 3.63) is 65.7 Å². The summed E-state index contributed by atoms with van der Waals surface area (Å²) in [7, 11) is 0. The van der Waals surface area contributed by atoms with Crippen LogP contribution in [0.2, 0.25) is 0 Å². The normalized spacial score (nSPS) is 9.24. The lowest BCUT2D eigenvalue weighted by Gasteiger charge is -2.04. The van der Waals surface area contributed by atoms with E-state index in [9.17, 15) is 0 Å². The number of rotatable bonds is 2. The van der Waals surface area contributed by atoms with Crippen molar-refractivity contribution >= 4 is 0 Å². The Balaban J connectivity index is 2.27. The van der Waals surface area contributed by atoms with Gasteiger partial charge in [-0.1, -0.05) is 42.2 Å². The van der Waals surface area contributed by atoms with E-state index >= 15 is 0 Å². The van der Waals surface area contributed by atoms with Gasteiger partial charge in [0, 0.05) is 5.56 Å². The highest BCUT2D eigenvalue weighted by atomic mass is 16.5. The third-order valence-corrected chi connectivity index (χ3v) is 2.30. The second-order valence-electron chi connectivity index (χ2n) is 3.55. The summed E-state index contributed by atoms with van der Waals surface area (Å²) < 4.78 is 5.52. The van der Waals surface area contributed by atoms with Crippen molar-refractivity contribution < 1.29 is 4.74 Å². The van der Waals surface area contributed by atoms with Crippen LogP contribution in [0.5, 0.6) is 5.75 Å². The second-order valence-corrected chi connectivity index (χ2v) is 3.55. The maximum Gasteiger partial charge on any atom is 0.134 e. The molecule has 0 aliphatic heterocycles. The van der Waals surface area contributed by atoms with Crippen LogP contribution in [-0.4, -0.2) is 6.61 Å². The van der Waals surface area contributed by atoms with Crippen molar-refractivity contribution in [3.63, 3.8) is 0 Å². The Morgan fingerprint density at radius 2 is 1.59 bits per heavy atom. The number of hydrogen-bond acceptors (Lipinski definition) is 1. The minimum atomic E-state index is 0.657. The van der Waals surface area contributed by atoms with Crippen LogP contribution < -0.4 is 4.74 Å². The fourth-order valence-electron chi connectivity index (χ4n) is 1.51. The molecule has 0 radical (unpaired) electrons. The van der Waals surface area contributed by atoms with E-state index in [1.165, 1.54) is 0 Å². The van der Waals surface area contributed by atoms with Gasteiger partial charge >= 0.3 is 0 Å². The molecule has 0 spiro atoms. The lowest BCUT2D eigenvalue weighted by atomic mass is 10.1. The fourth-order valence-corrected chi connectivity index (χ4v) is 1.51. The van der Waals surface area contributed by atoms with Crippen LogP contribution in [0.4, 0.5) is 0 Å². The summed E-state index contributed by atoms with van der Waals surface area (Å²) in [6.07, 6.45) is 0. The second kappa shape index (κ2) is 5.77. The van der Waals surface area contributed by atoms with Crippen molar-refractivity contribution in [2.75, 3.05) is 6.61 Å². The molecular formula is C16H14O. The van der Waals surface area contributed by atoms with Crippen LogP contribution in [0, 0.1) is 11.8 Å². The molecular weight excluding hydrogens is 208 g/mol. The molecule has 17 heavy (non-hydrogen) atoms. The molecule has 0 unspecified atom stereocenters. The standard InChI is InChI=1S/C16H14O/c1-2-17-16-11-7-6-10-15(16)13-12-14-8-4-3-5-9-14/h3-11H,2H2,1H3. The molecule has 0 atom stereocenters. The molecule has 0 heterocycles. The van der Waals surface area contributed by atoms with Crippen molar-refractivity contribution in [1.82, 2.24) is 0 Å². The topological polar surface area (TPSA) is 9.23 Å². The minimum Gasteiger partial charge on any atom is -0.493 e. The highest BCUT2D eigenvalue weighted by Gasteiger charge is 1.97. The van der Waals surface area contributed by atoms with E-state index in [0.717, 1.165) is 16.9 Å². The first-order valence-corrected chi connectivity index (χ1v) is 5.69. The summed E-state index contributed by atoms with van der Waals surface area (Å²) in [6.45, 7) is 2.63. The summed E-state index contributed by atoms with van der Waals surface area (Å²) in [5, 5.41) is 0. The van der Waals surface area contributed by atoms with Gasteiger partial charge in [-0.25, -0.2) is 0 Å². The smallest absolute Gasteiger partial charge is 0.134 e. The summed E-state index contributed by atoms with van der Waals surface area (Å²) in [4.78, 5) is 0. The average Bonchev–Trinajstić information content (AvgIpc) is 2.39. The van der Waals surface area contributed by atoms with Gasteiger partial charge in [-0.2, -0.15) is 0 Å². The van der Waals surface area contributed by atoms with Gasteiger partial charge < -0.3 is 4.74 Å². The Labute approximate surface area is 102 Å². The van der Waals surface area contributed by atoms with E-state index in [0.29, 0.717) is 6.61 Å². The van der Waals surface area contributed by atoms with E-state index < -0.39 is 0 Å². The third kappa shape index (κ3) is 3.12. The average molecular weight is 222 g/mol. The summed E-state index contributed by atoms with van der Waals surface area (Å²) in [6, 6.07) is 17.8. The molecule has 0 fully saturated rings. The van der Waals surface area contributed by atoms with Gasteiger partial charge in [0.15, 0.2) is 0 Å². The number of hydrogen-bond donors (Lipinski definition) is 0. The van der Waals surface area contributed by atoms with E-state index in [4.69, 9.17) is 4.74 Å².